The average Bonchev–Trinajstić information content (AvgIpc) is 3.48. The fraction of sp³-hybridized carbons (Fsp3) is 0.344. The van der Waals surface area contributed by atoms with Crippen LogP contribution in [0.2, 0.25) is 0 Å². The highest BCUT2D eigenvalue weighted by atomic mass is 35.7. The van der Waals surface area contributed by atoms with Crippen molar-refractivity contribution < 1.29 is 37.8 Å². The molecule has 0 saturated heterocycles. The third-order valence-electron chi connectivity index (χ3n) is 15.3. The van der Waals surface area contributed by atoms with E-state index in [2.05, 4.69) is 72.8 Å². The lowest BCUT2D eigenvalue weighted by atomic mass is 9.90. The molecule has 0 atom stereocenters. The largest absolute Gasteiger partial charge is 0.508 e. The number of hydrogen-bond donors (Lipinski definition) is 3. The number of rotatable bonds is 12. The van der Waals surface area contributed by atoms with Gasteiger partial charge < -0.3 is 19.5 Å². The number of nitrogens with zero attached hydrogens (tertiary/aromatic N) is 6. The molecular formula is C64H71ClN6O8S3. The molecule has 4 aliphatic rings. The van der Waals surface area contributed by atoms with Gasteiger partial charge in [0.15, 0.2) is 34.9 Å². The maximum Gasteiger partial charge on any atom is 0.309 e. The first-order valence-corrected chi connectivity index (χ1v) is 32.3. The summed E-state index contributed by atoms with van der Waals surface area (Å²) >= 11 is 0. The highest BCUT2D eigenvalue weighted by Crippen LogP contribution is 2.37. The molecule has 2 aromatic heterocycles. The standard InChI is InChI=1S/C32H33N3O4S.C29H27N3O2.C3H7ClO2S.H2S.H2/c1-2-17-40(37,38)39-27-15-16-28(29(36)20-27)32-34-30(25-13-11-21-7-3-5-9-23(21)18-25)33-31(35-32)26-14-12-22-8-4-6-10-24(22)19-26;33-24-13-14-25(26(34)17-24)29-31-27(22-11-9-18-5-1-3-7-20(18)15-22)30-28(32-29)23-12-10-19-6-2-4-8-21(19)16-23;1-2-3-7(4,5)6;;/h11-16,18-20,36H,2-10,17H2,1H3;9-17,33-34H,1-8H2;2-3H2,1H3;1H2;1H/i;;;;1+1. The van der Waals surface area contributed by atoms with Crippen molar-refractivity contribution >= 4 is 43.3 Å². The number of aromatic hydroxyl groups is 3. The van der Waals surface area contributed by atoms with E-state index >= 15 is 0 Å². The van der Waals surface area contributed by atoms with Gasteiger partial charge in [0.1, 0.15) is 23.0 Å². The van der Waals surface area contributed by atoms with Crippen molar-refractivity contribution in [3.05, 3.63) is 154 Å². The summed E-state index contributed by atoms with van der Waals surface area (Å²) in [5.41, 5.74) is 15.6. The van der Waals surface area contributed by atoms with E-state index in [0.29, 0.717) is 58.9 Å². The van der Waals surface area contributed by atoms with Crippen LogP contribution in [-0.2, 0) is 70.5 Å². The van der Waals surface area contributed by atoms with E-state index < -0.39 is 19.2 Å². The zero-order valence-corrected chi connectivity index (χ0v) is 49.7. The Kier molecular flexibility index (Phi) is 19.3. The highest BCUT2D eigenvalue weighted by molar-refractivity contribution is 8.13. The van der Waals surface area contributed by atoms with Gasteiger partial charge >= 0.3 is 10.1 Å². The van der Waals surface area contributed by atoms with E-state index in [1.807, 2.05) is 0 Å². The summed E-state index contributed by atoms with van der Waals surface area (Å²) in [6.45, 7) is 3.53. The molecule has 14 nitrogen and oxygen atoms in total. The van der Waals surface area contributed by atoms with Gasteiger partial charge in [-0.2, -0.15) is 21.9 Å². The lowest BCUT2D eigenvalue weighted by Gasteiger charge is -2.18. The molecule has 0 saturated carbocycles. The Labute approximate surface area is 494 Å². The molecule has 82 heavy (non-hydrogen) atoms. The van der Waals surface area contributed by atoms with Gasteiger partial charge in [-0.05, 0) is 209 Å². The van der Waals surface area contributed by atoms with Crippen LogP contribution in [0, 0.1) is 0 Å². The zero-order valence-electron chi connectivity index (χ0n) is 46.3. The average molecular weight is 1180 g/mol. The second-order valence-electron chi connectivity index (χ2n) is 21.3. The van der Waals surface area contributed by atoms with E-state index in [-0.39, 0.29) is 49.4 Å². The van der Waals surface area contributed by atoms with E-state index in [0.717, 1.165) is 73.6 Å². The fourth-order valence-electron chi connectivity index (χ4n) is 11.1. The number of benzene rings is 6. The van der Waals surface area contributed by atoms with Crippen LogP contribution >= 0.6 is 24.2 Å². The molecule has 0 spiro atoms. The molecule has 0 amide bonds. The summed E-state index contributed by atoms with van der Waals surface area (Å²) in [4.78, 5) is 28.9. The van der Waals surface area contributed by atoms with Crippen molar-refractivity contribution in [3.8, 4) is 91.3 Å². The van der Waals surface area contributed by atoms with Crippen molar-refractivity contribution in [1.82, 2.24) is 29.9 Å². The maximum absolute atomic E-state index is 12.1. The van der Waals surface area contributed by atoms with Crippen molar-refractivity contribution in [2.45, 2.75) is 129 Å². The third kappa shape index (κ3) is 14.8. The fourth-order valence-corrected chi connectivity index (χ4v) is 13.1. The monoisotopic (exact) mass is 1180 g/mol. The van der Waals surface area contributed by atoms with Crippen LogP contribution in [0.1, 0.15) is 124 Å². The molecule has 8 aromatic rings. The Hall–Kier alpha value is -6.92. The molecule has 6 aromatic carbocycles. The van der Waals surface area contributed by atoms with E-state index in [1.54, 1.807) is 26.0 Å². The Morgan fingerprint density at radius 2 is 0.732 bits per heavy atom. The number of phenolic OH excluding ortho intramolecular Hbond substituents is 3. The van der Waals surface area contributed by atoms with Crippen molar-refractivity contribution in [3.63, 3.8) is 0 Å². The summed E-state index contributed by atoms with van der Waals surface area (Å²) in [5, 5.41) is 31.2. The lowest BCUT2D eigenvalue weighted by molar-refractivity contribution is 0.451. The number of hydrogen-bond acceptors (Lipinski definition) is 14. The molecule has 2 heterocycles. The van der Waals surface area contributed by atoms with Gasteiger partial charge in [-0.25, -0.2) is 38.3 Å². The zero-order chi connectivity index (χ0) is 56.7. The van der Waals surface area contributed by atoms with E-state index in [4.69, 9.17) is 44.8 Å². The molecule has 0 aliphatic heterocycles. The van der Waals surface area contributed by atoms with Crippen LogP contribution < -0.4 is 4.18 Å². The van der Waals surface area contributed by atoms with Crippen LogP contribution in [0.4, 0.5) is 0 Å². The molecule has 4 aliphatic carbocycles. The second-order valence-corrected chi connectivity index (χ2v) is 25.9. The second kappa shape index (κ2) is 26.5. The number of aryl methyl sites for hydroxylation is 8. The molecular weight excluding hydrogens is 1110 g/mol. The quantitative estimate of drug-likeness (QED) is 0.0766. The number of fused-ring (bicyclic) bond motifs is 4. The minimum absolute atomic E-state index is 0. The lowest BCUT2D eigenvalue weighted by Crippen LogP contribution is -2.13. The van der Waals surface area contributed by atoms with Gasteiger partial charge in [0, 0.05) is 46.5 Å². The highest BCUT2D eigenvalue weighted by Gasteiger charge is 2.22. The van der Waals surface area contributed by atoms with Crippen LogP contribution in [0.25, 0.3) is 68.3 Å². The number of phenols is 3. The van der Waals surface area contributed by atoms with Gasteiger partial charge in [0.05, 0.1) is 22.6 Å². The predicted molar refractivity (Wildman–Crippen MR) is 331 cm³/mol. The Bertz CT molecular complexity index is 3710. The molecule has 0 fully saturated rings. The Morgan fingerprint density at radius 3 is 1.04 bits per heavy atom. The molecule has 0 unspecified atom stereocenters. The molecule has 12 rings (SSSR count). The topological polar surface area (TPSA) is 216 Å². The molecule has 3 N–H and O–H groups in total. The third-order valence-corrected chi connectivity index (χ3v) is 18.0. The van der Waals surface area contributed by atoms with Crippen LogP contribution in [-0.4, -0.2) is 73.6 Å². The first-order valence-electron chi connectivity index (χ1n) is 28.3. The van der Waals surface area contributed by atoms with E-state index in [9.17, 15) is 32.2 Å². The minimum atomic E-state index is -3.73. The number of halogens is 1. The first kappa shape index (κ1) is 59.7. The van der Waals surface area contributed by atoms with E-state index in [1.165, 1.54) is 120 Å². The van der Waals surface area contributed by atoms with Gasteiger partial charge in [0.2, 0.25) is 9.05 Å². The van der Waals surface area contributed by atoms with Crippen molar-refractivity contribution in [2.75, 3.05) is 11.5 Å². The molecule has 0 bridgehead atoms. The van der Waals surface area contributed by atoms with Gasteiger partial charge in [-0.1, -0.05) is 62.4 Å². The molecule has 0 radical (unpaired) electrons. The summed E-state index contributed by atoms with van der Waals surface area (Å²) in [7, 11) is -2.13. The van der Waals surface area contributed by atoms with Crippen molar-refractivity contribution in [2.24, 2.45) is 0 Å². The maximum atomic E-state index is 12.1. The van der Waals surface area contributed by atoms with Gasteiger partial charge in [-0.3, -0.25) is 0 Å². The van der Waals surface area contributed by atoms with Crippen LogP contribution in [0.15, 0.2) is 109 Å². The van der Waals surface area contributed by atoms with Gasteiger partial charge in [-0.15, -0.1) is 0 Å². The summed E-state index contributed by atoms with van der Waals surface area (Å²) in [5.74, 6) is 2.79. The Balaban J connectivity index is 0.000000192. The molecule has 18 heteroatoms. The summed E-state index contributed by atoms with van der Waals surface area (Å²) in [6, 6.07) is 34.7. The summed E-state index contributed by atoms with van der Waals surface area (Å²) in [6.07, 6.45) is 19.4. The minimum Gasteiger partial charge on any atom is -0.508 e. The smallest absolute Gasteiger partial charge is 0.309 e. The SMILES string of the molecule is CCCS(=O)(=O)Cl.CCCS(=O)(=O)Oc1ccc(-c2nc(-c3ccc4c(c3)CCCC4)nc(-c3ccc4c(c3)CCCC4)n2)c(O)c1.Oc1ccc(-c2nc(-c3ccc4c(c3)CCCC4)nc(-c3ccc4c(c3)CCCC4)n2)c(O)c1.S.[2HH]. The van der Waals surface area contributed by atoms with Crippen LogP contribution in [0.3, 0.4) is 0 Å². The van der Waals surface area contributed by atoms with Crippen molar-refractivity contribution in [1.29, 1.82) is 0 Å². The molecule has 430 valence electrons. The normalized spacial score (nSPS) is 14.4. The summed E-state index contributed by atoms with van der Waals surface area (Å²) < 4.78 is 49.4. The Morgan fingerprint density at radius 1 is 0.415 bits per heavy atom. The number of aromatic nitrogens is 6. The van der Waals surface area contributed by atoms with Crippen LogP contribution in [0.5, 0.6) is 23.0 Å². The predicted octanol–water partition coefficient (Wildman–Crippen LogP) is 13.8. The first-order chi connectivity index (χ1) is 39.1. The van der Waals surface area contributed by atoms with Gasteiger partial charge in [0.25, 0.3) is 0 Å².